The Bertz CT molecular complexity index is 3990. The van der Waals surface area contributed by atoms with Gasteiger partial charge in [-0.2, -0.15) is 0 Å². The summed E-state index contributed by atoms with van der Waals surface area (Å²) in [6.07, 6.45) is 0. The maximum absolute atomic E-state index is 7.07. The van der Waals surface area contributed by atoms with Gasteiger partial charge in [0.15, 0.2) is 5.58 Å². The van der Waals surface area contributed by atoms with Crippen LogP contribution in [-0.4, -0.2) is 0 Å². The first-order valence-corrected chi connectivity index (χ1v) is 24.3. The monoisotopic (exact) mass is 897 g/mol. The molecule has 0 aliphatic rings. The fourth-order valence-corrected chi connectivity index (χ4v) is 11.5. The van der Waals surface area contributed by atoms with Crippen LogP contribution in [-0.2, 0) is 0 Å². The number of rotatable bonds is 9. The summed E-state index contributed by atoms with van der Waals surface area (Å²) in [5.74, 6) is 0. The lowest BCUT2D eigenvalue weighted by atomic mass is 9.89. The number of fused-ring (bicyclic) bond motifs is 6. The summed E-state index contributed by atoms with van der Waals surface area (Å²) in [7, 11) is 0. The Morgan fingerprint density at radius 2 is 0.797 bits per heavy atom. The number of anilines is 3. The summed E-state index contributed by atoms with van der Waals surface area (Å²) in [4.78, 5) is 2.43. The van der Waals surface area contributed by atoms with Crippen molar-refractivity contribution in [1.29, 1.82) is 0 Å². The number of para-hydroxylation sites is 1. The molecule has 0 fully saturated rings. The summed E-state index contributed by atoms with van der Waals surface area (Å²) in [5.41, 5.74) is 19.1. The van der Waals surface area contributed by atoms with E-state index in [2.05, 4.69) is 266 Å². The summed E-state index contributed by atoms with van der Waals surface area (Å²) < 4.78 is 9.57. The first-order chi connectivity index (χ1) is 34.2. The first-order valence-electron chi connectivity index (χ1n) is 23.5. The van der Waals surface area contributed by atoms with Crippen LogP contribution in [0.4, 0.5) is 17.1 Å². The Morgan fingerprint density at radius 3 is 1.41 bits per heavy atom. The van der Waals surface area contributed by atoms with Gasteiger partial charge in [-0.15, -0.1) is 11.3 Å². The Labute approximate surface area is 405 Å². The van der Waals surface area contributed by atoms with Crippen molar-refractivity contribution in [1.82, 2.24) is 0 Å². The molecule has 0 spiro atoms. The molecule has 0 aliphatic heterocycles. The molecule has 0 unspecified atom stereocenters. The highest BCUT2D eigenvalue weighted by molar-refractivity contribution is 7.26. The van der Waals surface area contributed by atoms with Gasteiger partial charge >= 0.3 is 0 Å². The van der Waals surface area contributed by atoms with Gasteiger partial charge in [0.1, 0.15) is 5.58 Å². The lowest BCUT2D eigenvalue weighted by molar-refractivity contribution is 0.669. The molecule has 3 heteroatoms. The van der Waals surface area contributed by atoms with Crippen LogP contribution in [0.5, 0.6) is 0 Å². The number of hydrogen-bond acceptors (Lipinski definition) is 3. The molecule has 0 aliphatic carbocycles. The Morgan fingerprint density at radius 1 is 0.304 bits per heavy atom. The predicted octanol–water partition coefficient (Wildman–Crippen LogP) is 19.4. The minimum absolute atomic E-state index is 0.843. The van der Waals surface area contributed by atoms with Crippen molar-refractivity contribution in [2.45, 2.75) is 0 Å². The second-order valence-corrected chi connectivity index (χ2v) is 18.6. The van der Waals surface area contributed by atoms with Crippen LogP contribution in [0.15, 0.2) is 265 Å². The molecule has 0 N–H and O–H groups in total. The van der Waals surface area contributed by atoms with Gasteiger partial charge in [-0.25, -0.2) is 0 Å². The van der Waals surface area contributed by atoms with E-state index < -0.39 is 0 Å². The molecule has 2 nitrogen and oxygen atoms in total. The maximum Gasteiger partial charge on any atom is 0.159 e. The number of thiophene rings is 1. The van der Waals surface area contributed by atoms with Crippen molar-refractivity contribution < 1.29 is 4.42 Å². The van der Waals surface area contributed by atoms with E-state index in [9.17, 15) is 0 Å². The van der Waals surface area contributed by atoms with Crippen LogP contribution in [0.1, 0.15) is 0 Å². The van der Waals surface area contributed by atoms with Gasteiger partial charge in [0, 0.05) is 36.6 Å². The molecule has 0 atom stereocenters. The van der Waals surface area contributed by atoms with Crippen molar-refractivity contribution in [2.24, 2.45) is 0 Å². The molecule has 69 heavy (non-hydrogen) atoms. The maximum atomic E-state index is 7.07. The molecule has 0 saturated heterocycles. The Balaban J connectivity index is 1.03. The molecule has 2 heterocycles. The van der Waals surface area contributed by atoms with E-state index in [1.807, 2.05) is 11.3 Å². The van der Waals surface area contributed by atoms with Crippen LogP contribution in [0, 0.1) is 0 Å². The van der Waals surface area contributed by atoms with Crippen molar-refractivity contribution in [2.75, 3.05) is 4.90 Å². The van der Waals surface area contributed by atoms with Gasteiger partial charge in [0.25, 0.3) is 0 Å². The SMILES string of the molecule is c1ccc(-c2ccc3c(c2)oc2c(N(c4ccc(-c5ccccc5-c5ccccc5-c5ccccc5)cc4)c4ccc(-c5ccccc5)c5sc6cc(-c7ccccc7)ccc6c45)cccc23)cc1. The standard InChI is InChI=1S/C66H43NOS/c1-5-18-44(19-6-1)49-34-38-57-58-30-17-31-61(65(58)68-62(57)42-49)67(51-36-32-48(33-37-51)53-27-14-16-29-56(53)55-28-15-13-26-52(55)46-22-9-3-10-23-46)60-41-40-54(47-24-11-4-12-25-47)66-64(60)59-39-35-50(43-63(59)69-66)45-20-7-2-8-21-45/h1-43H. The summed E-state index contributed by atoms with van der Waals surface area (Å²) in [6.45, 7) is 0. The molecule has 2 aromatic heterocycles. The fraction of sp³-hybridized carbons (Fsp3) is 0. The fourth-order valence-electron chi connectivity index (χ4n) is 10.2. The van der Waals surface area contributed by atoms with Crippen LogP contribution < -0.4 is 4.90 Å². The van der Waals surface area contributed by atoms with Gasteiger partial charge in [0.05, 0.1) is 11.4 Å². The molecule has 11 aromatic carbocycles. The quantitative estimate of drug-likeness (QED) is 0.144. The molecule has 13 rings (SSSR count). The van der Waals surface area contributed by atoms with E-state index in [1.54, 1.807) is 0 Å². The Hall–Kier alpha value is -8.76. The van der Waals surface area contributed by atoms with Gasteiger partial charge < -0.3 is 9.32 Å². The zero-order chi connectivity index (χ0) is 45.7. The van der Waals surface area contributed by atoms with E-state index in [-0.39, 0.29) is 0 Å². The van der Waals surface area contributed by atoms with E-state index in [4.69, 9.17) is 4.42 Å². The molecule has 324 valence electrons. The minimum Gasteiger partial charge on any atom is -0.454 e. The number of furan rings is 1. The van der Waals surface area contributed by atoms with Crippen LogP contribution in [0.3, 0.4) is 0 Å². The van der Waals surface area contributed by atoms with Crippen molar-refractivity contribution in [3.8, 4) is 66.8 Å². The lowest BCUT2D eigenvalue weighted by Gasteiger charge is -2.27. The van der Waals surface area contributed by atoms with Crippen LogP contribution in [0.25, 0.3) is 109 Å². The normalized spacial score (nSPS) is 11.5. The molecule has 0 radical (unpaired) electrons. The van der Waals surface area contributed by atoms with E-state index >= 15 is 0 Å². The minimum atomic E-state index is 0.843. The van der Waals surface area contributed by atoms with E-state index in [0.29, 0.717) is 0 Å². The number of nitrogens with zero attached hydrogens (tertiary/aromatic N) is 1. The highest BCUT2D eigenvalue weighted by Gasteiger charge is 2.25. The smallest absolute Gasteiger partial charge is 0.159 e. The van der Waals surface area contributed by atoms with Crippen molar-refractivity contribution in [3.05, 3.63) is 261 Å². The number of benzene rings is 11. The van der Waals surface area contributed by atoms with Crippen LogP contribution >= 0.6 is 11.3 Å². The number of hydrogen-bond donors (Lipinski definition) is 0. The van der Waals surface area contributed by atoms with Gasteiger partial charge in [-0.1, -0.05) is 218 Å². The summed E-state index contributed by atoms with van der Waals surface area (Å²) in [5, 5.41) is 4.60. The molecule has 0 bridgehead atoms. The van der Waals surface area contributed by atoms with Gasteiger partial charge in [-0.3, -0.25) is 0 Å². The predicted molar refractivity (Wildman–Crippen MR) is 294 cm³/mol. The topological polar surface area (TPSA) is 16.4 Å². The molecule has 0 saturated carbocycles. The second kappa shape index (κ2) is 17.2. The second-order valence-electron chi connectivity index (χ2n) is 17.6. The largest absolute Gasteiger partial charge is 0.454 e. The third kappa shape index (κ3) is 7.20. The highest BCUT2D eigenvalue weighted by atomic mass is 32.1. The molecule has 0 amide bonds. The highest BCUT2D eigenvalue weighted by Crippen LogP contribution is 2.51. The van der Waals surface area contributed by atoms with E-state index in [0.717, 1.165) is 55.7 Å². The van der Waals surface area contributed by atoms with E-state index in [1.165, 1.54) is 70.2 Å². The summed E-state index contributed by atoms with van der Waals surface area (Å²) in [6, 6.07) is 94.1. The van der Waals surface area contributed by atoms with Gasteiger partial charge in [0.2, 0.25) is 0 Å². The van der Waals surface area contributed by atoms with Crippen molar-refractivity contribution in [3.63, 3.8) is 0 Å². The first kappa shape index (κ1) is 40.5. The lowest BCUT2D eigenvalue weighted by Crippen LogP contribution is -2.10. The third-order valence-corrected chi connectivity index (χ3v) is 14.7. The molecular formula is C66H43NOS. The van der Waals surface area contributed by atoms with Gasteiger partial charge in [-0.05, 0) is 109 Å². The Kier molecular flexibility index (Phi) is 10.1. The summed E-state index contributed by atoms with van der Waals surface area (Å²) >= 11 is 1.87. The molecule has 13 aromatic rings. The zero-order valence-electron chi connectivity index (χ0n) is 37.6. The average Bonchev–Trinajstić information content (AvgIpc) is 4.01. The van der Waals surface area contributed by atoms with Crippen LogP contribution in [0.2, 0.25) is 0 Å². The van der Waals surface area contributed by atoms with Crippen molar-refractivity contribution >= 4 is 70.5 Å². The molecular weight excluding hydrogens is 855 g/mol. The average molecular weight is 898 g/mol. The zero-order valence-corrected chi connectivity index (χ0v) is 38.4. The third-order valence-electron chi connectivity index (χ3n) is 13.5.